The van der Waals surface area contributed by atoms with Crippen LogP contribution in [0.2, 0.25) is 0 Å². The molecule has 0 saturated heterocycles. The van der Waals surface area contributed by atoms with Gasteiger partial charge < -0.3 is 4.74 Å². The van der Waals surface area contributed by atoms with E-state index >= 15 is 0 Å². The molecular weight excluding hydrogens is 144 g/mol. The molecule has 0 radical (unpaired) electrons. The summed E-state index contributed by atoms with van der Waals surface area (Å²) in [5.41, 5.74) is 2.20. The van der Waals surface area contributed by atoms with Crippen LogP contribution in [0.3, 0.4) is 0 Å². The molecule has 0 aromatic heterocycles. The van der Waals surface area contributed by atoms with E-state index in [2.05, 4.69) is 22.2 Å². The van der Waals surface area contributed by atoms with Gasteiger partial charge in [-0.2, -0.15) is 5.10 Å². The van der Waals surface area contributed by atoms with Crippen molar-refractivity contribution in [3.63, 3.8) is 0 Å². The highest BCUT2D eigenvalue weighted by molar-refractivity contribution is 5.68. The molecule has 0 rings (SSSR count). The molecule has 0 unspecified atom stereocenters. The Kier molecular flexibility index (Phi) is 6.37. The van der Waals surface area contributed by atoms with Gasteiger partial charge in [0.1, 0.15) is 0 Å². The van der Waals surface area contributed by atoms with Crippen molar-refractivity contribution in [2.45, 2.75) is 26.2 Å². The Morgan fingerprint density at radius 1 is 1.73 bits per heavy atom. The van der Waals surface area contributed by atoms with Crippen LogP contribution < -0.4 is 5.43 Å². The van der Waals surface area contributed by atoms with Crippen LogP contribution in [0.15, 0.2) is 5.10 Å². The van der Waals surface area contributed by atoms with E-state index in [0.29, 0.717) is 0 Å². The molecule has 0 aliphatic heterocycles. The highest BCUT2D eigenvalue weighted by Crippen LogP contribution is 1.88. The van der Waals surface area contributed by atoms with Gasteiger partial charge in [-0.25, -0.2) is 10.2 Å². The number of nitrogens with one attached hydrogen (secondary N) is 1. The largest absolute Gasteiger partial charge is 0.452 e. The summed E-state index contributed by atoms with van der Waals surface area (Å²) in [5.74, 6) is 0. The third-order valence-corrected chi connectivity index (χ3v) is 1.12. The molecule has 1 amide bonds. The summed E-state index contributed by atoms with van der Waals surface area (Å²) >= 11 is 0. The molecule has 0 saturated carbocycles. The molecule has 0 aliphatic rings. The third-order valence-electron chi connectivity index (χ3n) is 1.12. The smallest absolute Gasteiger partial charge is 0.427 e. The van der Waals surface area contributed by atoms with E-state index in [1.807, 2.05) is 0 Å². The van der Waals surface area contributed by atoms with E-state index < -0.39 is 6.09 Å². The molecule has 0 bridgehead atoms. The Bertz CT molecular complexity index is 134. The molecule has 4 heteroatoms. The van der Waals surface area contributed by atoms with E-state index in [4.69, 9.17) is 0 Å². The summed E-state index contributed by atoms with van der Waals surface area (Å²) in [6.07, 6.45) is 4.25. The van der Waals surface area contributed by atoms with Crippen molar-refractivity contribution >= 4 is 12.3 Å². The lowest BCUT2D eigenvalue weighted by molar-refractivity contribution is 0.171. The fourth-order valence-corrected chi connectivity index (χ4v) is 0.504. The maximum atomic E-state index is 10.4. The molecule has 4 nitrogen and oxygen atoms in total. The Balaban J connectivity index is 3.22. The van der Waals surface area contributed by atoms with E-state index in [-0.39, 0.29) is 0 Å². The van der Waals surface area contributed by atoms with Gasteiger partial charge in [-0.15, -0.1) is 0 Å². The number of nitrogens with zero attached hydrogens (tertiary/aromatic N) is 1. The first-order valence-electron chi connectivity index (χ1n) is 3.66. The van der Waals surface area contributed by atoms with Crippen LogP contribution >= 0.6 is 0 Å². The fourth-order valence-electron chi connectivity index (χ4n) is 0.504. The molecule has 0 aromatic carbocycles. The zero-order valence-electron chi connectivity index (χ0n) is 6.96. The molecule has 0 spiro atoms. The average molecular weight is 158 g/mol. The van der Waals surface area contributed by atoms with Crippen molar-refractivity contribution < 1.29 is 9.53 Å². The number of rotatable bonds is 4. The number of carbonyl (C=O) groups is 1. The van der Waals surface area contributed by atoms with Crippen molar-refractivity contribution in [1.82, 2.24) is 5.43 Å². The van der Waals surface area contributed by atoms with Crippen molar-refractivity contribution in [3.8, 4) is 0 Å². The van der Waals surface area contributed by atoms with E-state index in [9.17, 15) is 4.79 Å². The lowest BCUT2D eigenvalue weighted by Gasteiger charge is -1.94. The monoisotopic (exact) mass is 158 g/mol. The topological polar surface area (TPSA) is 50.7 Å². The molecule has 1 N–H and O–H groups in total. The molecule has 0 atom stereocenters. The predicted octanol–water partition coefficient (Wildman–Crippen LogP) is 1.52. The summed E-state index contributed by atoms with van der Waals surface area (Å²) in [7, 11) is 1.30. The molecule has 11 heavy (non-hydrogen) atoms. The first-order chi connectivity index (χ1) is 5.31. The first-order valence-corrected chi connectivity index (χ1v) is 3.66. The van der Waals surface area contributed by atoms with Crippen molar-refractivity contribution in [1.29, 1.82) is 0 Å². The van der Waals surface area contributed by atoms with E-state index in [1.165, 1.54) is 7.11 Å². The highest BCUT2D eigenvalue weighted by Gasteiger charge is 1.90. The Hall–Kier alpha value is -1.06. The predicted molar refractivity (Wildman–Crippen MR) is 43.6 cm³/mol. The number of hydrogen-bond acceptors (Lipinski definition) is 3. The number of hydrogen-bond donors (Lipinski definition) is 1. The number of amides is 1. The second-order valence-corrected chi connectivity index (χ2v) is 2.06. The van der Waals surface area contributed by atoms with Crippen molar-refractivity contribution in [3.05, 3.63) is 0 Å². The molecule has 0 aromatic rings. The Labute approximate surface area is 66.6 Å². The van der Waals surface area contributed by atoms with Gasteiger partial charge in [0.15, 0.2) is 0 Å². The van der Waals surface area contributed by atoms with Gasteiger partial charge in [0, 0.05) is 6.21 Å². The molecule has 0 aliphatic carbocycles. The zero-order valence-corrected chi connectivity index (χ0v) is 6.96. The number of methoxy groups -OCH3 is 1. The highest BCUT2D eigenvalue weighted by atomic mass is 16.5. The minimum absolute atomic E-state index is 0.530. The second-order valence-electron chi connectivity index (χ2n) is 2.06. The molecule has 0 heterocycles. The van der Waals surface area contributed by atoms with Crippen LogP contribution in [-0.2, 0) is 4.74 Å². The van der Waals surface area contributed by atoms with Gasteiger partial charge in [0.2, 0.25) is 0 Å². The van der Waals surface area contributed by atoms with Gasteiger partial charge in [-0.05, 0) is 12.8 Å². The molecular formula is C7H14N2O2. The van der Waals surface area contributed by atoms with Gasteiger partial charge in [-0.3, -0.25) is 0 Å². The van der Waals surface area contributed by atoms with E-state index in [0.717, 1.165) is 19.3 Å². The summed E-state index contributed by atoms with van der Waals surface area (Å²) in [6, 6.07) is 0. The maximum Gasteiger partial charge on any atom is 0.427 e. The normalized spacial score (nSPS) is 10.0. The fraction of sp³-hybridized carbons (Fsp3) is 0.714. The number of ether oxygens (including phenoxy) is 1. The zero-order chi connectivity index (χ0) is 8.53. The minimum Gasteiger partial charge on any atom is -0.452 e. The molecule has 0 fully saturated rings. The van der Waals surface area contributed by atoms with Crippen LogP contribution in [0, 0.1) is 0 Å². The third kappa shape index (κ3) is 6.83. The van der Waals surface area contributed by atoms with Crippen LogP contribution in [0.4, 0.5) is 4.79 Å². The number of hydrazone groups is 1. The van der Waals surface area contributed by atoms with Crippen molar-refractivity contribution in [2.24, 2.45) is 5.10 Å². The average Bonchev–Trinajstić information content (AvgIpc) is 2.04. The SMILES string of the molecule is CCCC/C=N/NC(=O)OC. The van der Waals surface area contributed by atoms with Crippen LogP contribution in [0.1, 0.15) is 26.2 Å². The number of unbranched alkanes of at least 4 members (excludes halogenated alkanes) is 2. The van der Waals surface area contributed by atoms with E-state index in [1.54, 1.807) is 6.21 Å². The standard InChI is InChI=1S/C7H14N2O2/c1-3-4-5-6-8-9-7(10)11-2/h6H,3-5H2,1-2H3,(H,9,10)/b8-6+. The summed E-state index contributed by atoms with van der Waals surface area (Å²) < 4.78 is 4.29. The summed E-state index contributed by atoms with van der Waals surface area (Å²) in [6.45, 7) is 2.10. The maximum absolute atomic E-state index is 10.4. The Morgan fingerprint density at radius 3 is 3.00 bits per heavy atom. The lowest BCUT2D eigenvalue weighted by Crippen LogP contribution is -2.16. The van der Waals surface area contributed by atoms with Crippen LogP contribution in [0.25, 0.3) is 0 Å². The van der Waals surface area contributed by atoms with Gasteiger partial charge in [0.25, 0.3) is 0 Å². The van der Waals surface area contributed by atoms with Gasteiger partial charge >= 0.3 is 6.09 Å². The quantitative estimate of drug-likeness (QED) is 0.383. The minimum atomic E-state index is -0.530. The molecule has 64 valence electrons. The Morgan fingerprint density at radius 2 is 2.45 bits per heavy atom. The first kappa shape index (κ1) is 9.94. The van der Waals surface area contributed by atoms with Crippen LogP contribution in [-0.4, -0.2) is 19.4 Å². The second kappa shape index (κ2) is 7.05. The van der Waals surface area contributed by atoms with Gasteiger partial charge in [-0.1, -0.05) is 13.3 Å². The number of carbonyl (C=O) groups excluding carboxylic acids is 1. The summed E-state index contributed by atoms with van der Waals surface area (Å²) in [5, 5.41) is 3.63. The van der Waals surface area contributed by atoms with Crippen molar-refractivity contribution in [2.75, 3.05) is 7.11 Å². The lowest BCUT2D eigenvalue weighted by atomic mass is 10.3. The van der Waals surface area contributed by atoms with Gasteiger partial charge in [0.05, 0.1) is 7.11 Å². The summed E-state index contributed by atoms with van der Waals surface area (Å²) in [4.78, 5) is 10.4. The van der Waals surface area contributed by atoms with Crippen LogP contribution in [0.5, 0.6) is 0 Å².